The Morgan fingerprint density at radius 1 is 1.40 bits per heavy atom. The second kappa shape index (κ2) is 5.86. The van der Waals surface area contributed by atoms with E-state index in [0.717, 1.165) is 23.4 Å². The van der Waals surface area contributed by atoms with Crippen LogP contribution in [0.25, 0.3) is 0 Å². The average Bonchev–Trinajstić information content (AvgIpc) is 2.42. The molecular weight excluding hydrogens is 257 g/mol. The summed E-state index contributed by atoms with van der Waals surface area (Å²) in [5.74, 6) is 0.494. The molecule has 2 rings (SSSR count). The number of anilines is 1. The van der Waals surface area contributed by atoms with Crippen molar-refractivity contribution in [3.05, 3.63) is 47.2 Å². The molecule has 0 saturated heterocycles. The fourth-order valence-electron chi connectivity index (χ4n) is 1.96. The van der Waals surface area contributed by atoms with E-state index < -0.39 is 5.82 Å². The number of rotatable bonds is 4. The Bertz CT molecular complexity index is 616. The molecule has 0 saturated carbocycles. The minimum Gasteiger partial charge on any atom is -0.505 e. The third-order valence-electron chi connectivity index (χ3n) is 3.19. The van der Waals surface area contributed by atoms with Crippen LogP contribution in [0.2, 0.25) is 0 Å². The molecule has 106 valence electrons. The van der Waals surface area contributed by atoms with Gasteiger partial charge in [0.2, 0.25) is 0 Å². The lowest BCUT2D eigenvalue weighted by molar-refractivity contribution is 0.431. The van der Waals surface area contributed by atoms with Gasteiger partial charge in [0.1, 0.15) is 11.6 Å². The number of phenols is 1. The van der Waals surface area contributed by atoms with Crippen LogP contribution in [0.5, 0.6) is 5.75 Å². The van der Waals surface area contributed by atoms with Crippen LogP contribution in [-0.2, 0) is 6.42 Å². The van der Waals surface area contributed by atoms with Crippen molar-refractivity contribution < 1.29 is 9.50 Å². The molecule has 0 bridgehead atoms. The number of phenolic OH excluding ortho intramolecular Hbond substituents is 1. The second-order valence-corrected chi connectivity index (χ2v) is 4.72. The number of halogens is 1. The van der Waals surface area contributed by atoms with Crippen LogP contribution in [-0.4, -0.2) is 15.1 Å². The van der Waals surface area contributed by atoms with Gasteiger partial charge >= 0.3 is 0 Å². The maximum atomic E-state index is 13.4. The van der Waals surface area contributed by atoms with E-state index in [1.54, 1.807) is 12.3 Å². The average molecular weight is 275 g/mol. The van der Waals surface area contributed by atoms with Crippen molar-refractivity contribution in [1.82, 2.24) is 9.97 Å². The first-order valence-electron chi connectivity index (χ1n) is 6.58. The summed E-state index contributed by atoms with van der Waals surface area (Å²) in [6, 6.07) is 4.25. The number of nitrogens with one attached hydrogen (secondary N) is 1. The van der Waals surface area contributed by atoms with Crippen LogP contribution in [0.4, 0.5) is 10.2 Å². The van der Waals surface area contributed by atoms with E-state index in [9.17, 15) is 9.50 Å². The van der Waals surface area contributed by atoms with Crippen LogP contribution in [0.3, 0.4) is 0 Å². The first kappa shape index (κ1) is 14.2. The molecule has 1 atom stereocenters. The van der Waals surface area contributed by atoms with Gasteiger partial charge in [-0.05, 0) is 38.0 Å². The molecule has 0 fully saturated rings. The number of hydrogen-bond donors (Lipinski definition) is 2. The SMILES string of the molecule is CCc1cnc(C)nc1N[C@@H](C)c1ccc(O)c(F)c1. The number of nitrogens with zero attached hydrogens (tertiary/aromatic N) is 2. The highest BCUT2D eigenvalue weighted by Crippen LogP contribution is 2.24. The third-order valence-corrected chi connectivity index (χ3v) is 3.19. The first-order valence-corrected chi connectivity index (χ1v) is 6.58. The Labute approximate surface area is 117 Å². The quantitative estimate of drug-likeness (QED) is 0.898. The van der Waals surface area contributed by atoms with Gasteiger partial charge in [-0.15, -0.1) is 0 Å². The molecule has 20 heavy (non-hydrogen) atoms. The summed E-state index contributed by atoms with van der Waals surface area (Å²) in [7, 11) is 0. The van der Waals surface area contributed by atoms with E-state index in [1.807, 2.05) is 20.8 Å². The Morgan fingerprint density at radius 3 is 2.80 bits per heavy atom. The summed E-state index contributed by atoms with van der Waals surface area (Å²) < 4.78 is 13.4. The third kappa shape index (κ3) is 3.04. The molecule has 0 unspecified atom stereocenters. The molecule has 0 aliphatic carbocycles. The molecule has 0 radical (unpaired) electrons. The Kier molecular flexibility index (Phi) is 4.17. The van der Waals surface area contributed by atoms with E-state index in [4.69, 9.17) is 0 Å². The molecule has 4 nitrogen and oxygen atoms in total. The summed E-state index contributed by atoms with van der Waals surface area (Å²) in [6.07, 6.45) is 2.62. The van der Waals surface area contributed by atoms with E-state index in [0.29, 0.717) is 5.82 Å². The van der Waals surface area contributed by atoms with Crippen LogP contribution >= 0.6 is 0 Å². The second-order valence-electron chi connectivity index (χ2n) is 4.72. The molecule has 0 spiro atoms. The van der Waals surface area contributed by atoms with Crippen molar-refractivity contribution in [1.29, 1.82) is 0 Å². The van der Waals surface area contributed by atoms with Crippen LogP contribution in [0.1, 0.15) is 36.8 Å². The van der Waals surface area contributed by atoms with Gasteiger partial charge in [-0.2, -0.15) is 0 Å². The summed E-state index contributed by atoms with van der Waals surface area (Å²) in [5, 5.41) is 12.5. The van der Waals surface area contributed by atoms with Crippen molar-refractivity contribution in [3.8, 4) is 5.75 Å². The van der Waals surface area contributed by atoms with E-state index >= 15 is 0 Å². The zero-order valence-electron chi connectivity index (χ0n) is 11.8. The van der Waals surface area contributed by atoms with Gasteiger partial charge in [-0.25, -0.2) is 14.4 Å². The predicted molar refractivity (Wildman–Crippen MR) is 76.2 cm³/mol. The molecule has 0 amide bonds. The van der Waals surface area contributed by atoms with Crippen molar-refractivity contribution in [2.24, 2.45) is 0 Å². The molecule has 2 aromatic rings. The Morgan fingerprint density at radius 2 is 2.15 bits per heavy atom. The number of benzene rings is 1. The summed E-state index contributed by atoms with van der Waals surface area (Å²) in [4.78, 5) is 8.56. The zero-order chi connectivity index (χ0) is 14.7. The lowest BCUT2D eigenvalue weighted by atomic mass is 10.1. The highest BCUT2D eigenvalue weighted by molar-refractivity contribution is 5.45. The maximum absolute atomic E-state index is 13.4. The van der Waals surface area contributed by atoms with Crippen molar-refractivity contribution in [3.63, 3.8) is 0 Å². The molecule has 5 heteroatoms. The normalized spacial score (nSPS) is 12.2. The molecule has 1 aromatic heterocycles. The monoisotopic (exact) mass is 275 g/mol. The van der Waals surface area contributed by atoms with E-state index in [-0.39, 0.29) is 11.8 Å². The molecule has 2 N–H and O–H groups in total. The number of aromatic nitrogens is 2. The minimum absolute atomic E-state index is 0.121. The van der Waals surface area contributed by atoms with Gasteiger partial charge in [0, 0.05) is 11.8 Å². The largest absolute Gasteiger partial charge is 0.505 e. The highest BCUT2D eigenvalue weighted by atomic mass is 19.1. The van der Waals surface area contributed by atoms with E-state index in [2.05, 4.69) is 15.3 Å². The van der Waals surface area contributed by atoms with Crippen LogP contribution < -0.4 is 5.32 Å². The fraction of sp³-hybridized carbons (Fsp3) is 0.333. The number of aryl methyl sites for hydroxylation is 2. The molecule has 0 aliphatic rings. The summed E-state index contributed by atoms with van der Waals surface area (Å²) >= 11 is 0. The van der Waals surface area contributed by atoms with Crippen molar-refractivity contribution in [2.75, 3.05) is 5.32 Å². The molecule has 0 aliphatic heterocycles. The molecule has 1 aromatic carbocycles. The fourth-order valence-corrected chi connectivity index (χ4v) is 1.96. The van der Waals surface area contributed by atoms with E-state index in [1.165, 1.54) is 12.1 Å². The lowest BCUT2D eigenvalue weighted by Crippen LogP contribution is -2.11. The number of aromatic hydroxyl groups is 1. The van der Waals surface area contributed by atoms with Crippen LogP contribution in [0, 0.1) is 12.7 Å². The standard InChI is InChI=1S/C15H18FN3O/c1-4-11-8-17-10(3)19-15(11)18-9(2)12-5-6-14(20)13(16)7-12/h5-9,20H,4H2,1-3H3,(H,17,18,19)/t9-/m0/s1. The smallest absolute Gasteiger partial charge is 0.165 e. The van der Waals surface area contributed by atoms with Gasteiger partial charge in [0.25, 0.3) is 0 Å². The van der Waals surface area contributed by atoms with Gasteiger partial charge in [-0.3, -0.25) is 0 Å². The number of hydrogen-bond acceptors (Lipinski definition) is 4. The molecule has 1 heterocycles. The lowest BCUT2D eigenvalue weighted by Gasteiger charge is -2.17. The zero-order valence-corrected chi connectivity index (χ0v) is 11.8. The molecular formula is C15H18FN3O. The predicted octanol–water partition coefficient (Wildman–Crippen LogP) is 3.37. The highest BCUT2D eigenvalue weighted by Gasteiger charge is 2.12. The maximum Gasteiger partial charge on any atom is 0.165 e. The van der Waals surface area contributed by atoms with Gasteiger partial charge in [0.05, 0.1) is 6.04 Å². The van der Waals surface area contributed by atoms with Crippen molar-refractivity contribution in [2.45, 2.75) is 33.2 Å². The van der Waals surface area contributed by atoms with Crippen molar-refractivity contribution >= 4 is 5.82 Å². The Hall–Kier alpha value is -2.17. The summed E-state index contributed by atoms with van der Waals surface area (Å²) in [5.41, 5.74) is 1.76. The first-order chi connectivity index (χ1) is 9.51. The van der Waals surface area contributed by atoms with Gasteiger partial charge in [0.15, 0.2) is 11.6 Å². The van der Waals surface area contributed by atoms with Gasteiger partial charge in [-0.1, -0.05) is 13.0 Å². The summed E-state index contributed by atoms with van der Waals surface area (Å²) in [6.45, 7) is 5.78. The minimum atomic E-state index is -0.620. The Balaban J connectivity index is 2.24. The van der Waals surface area contributed by atoms with Gasteiger partial charge < -0.3 is 10.4 Å². The van der Waals surface area contributed by atoms with Crippen LogP contribution in [0.15, 0.2) is 24.4 Å². The topological polar surface area (TPSA) is 58.0 Å².